The Morgan fingerprint density at radius 1 is 0.622 bits per heavy atom. The number of hydrogen-bond acceptors (Lipinski definition) is 4. The molecule has 0 aliphatic heterocycles. The molecular weight excluding hydrogens is 575 g/mol. The molecule has 2 atom stereocenters. The van der Waals surface area contributed by atoms with Gasteiger partial charge in [-0.2, -0.15) is 0 Å². The van der Waals surface area contributed by atoms with E-state index in [1.807, 2.05) is 48.5 Å². The lowest BCUT2D eigenvalue weighted by Crippen LogP contribution is -2.14. The Bertz CT molecular complexity index is 1390. The molecule has 186 valence electrons. The predicted molar refractivity (Wildman–Crippen MR) is 156 cm³/mol. The third-order valence-corrected chi connectivity index (χ3v) is 8.39. The van der Waals surface area contributed by atoms with Gasteiger partial charge in [-0.15, -0.1) is 0 Å². The van der Waals surface area contributed by atoms with E-state index >= 15 is 0 Å². The number of phenolic OH excluding ortho intramolecular Hbond substituents is 4. The number of hydrogen-bond donors (Lipinski definition) is 4. The topological polar surface area (TPSA) is 80.9 Å². The van der Waals surface area contributed by atoms with Crippen LogP contribution in [-0.2, 0) is 0 Å². The molecule has 0 fully saturated rings. The van der Waals surface area contributed by atoms with E-state index in [-0.39, 0.29) is 28.9 Å². The number of benzene rings is 4. The Kier molecular flexibility index (Phi) is 6.98. The van der Waals surface area contributed by atoms with Gasteiger partial charge in [-0.05, 0) is 82.3 Å². The van der Waals surface area contributed by atoms with Gasteiger partial charge in [-0.3, -0.25) is 0 Å². The van der Waals surface area contributed by atoms with Crippen LogP contribution in [0.15, 0.2) is 109 Å². The third kappa shape index (κ3) is 5.23. The quantitative estimate of drug-likeness (QED) is 0.138. The minimum Gasteiger partial charge on any atom is -0.508 e. The minimum atomic E-state index is -0.420. The average molecular weight is 602 g/mol. The van der Waals surface area contributed by atoms with E-state index in [2.05, 4.69) is 47.7 Å². The van der Waals surface area contributed by atoms with Gasteiger partial charge in [0.15, 0.2) is 0 Å². The summed E-state index contributed by atoms with van der Waals surface area (Å²) in [4.78, 5) is 0. The van der Waals surface area contributed by atoms with Crippen LogP contribution in [-0.4, -0.2) is 24.4 Å². The molecule has 5 heteroatoms. The van der Waals surface area contributed by atoms with E-state index < -0.39 is 5.92 Å². The van der Waals surface area contributed by atoms with Gasteiger partial charge < -0.3 is 20.4 Å². The maximum atomic E-state index is 11.1. The molecule has 0 heterocycles. The molecule has 5 rings (SSSR count). The zero-order chi connectivity index (χ0) is 26.1. The lowest BCUT2D eigenvalue weighted by molar-refractivity contribution is 0.458. The molecule has 4 N–H and O–H groups in total. The molecule has 4 aromatic rings. The lowest BCUT2D eigenvalue weighted by atomic mass is 9.79. The molecule has 4 aromatic carbocycles. The molecule has 0 amide bonds. The van der Waals surface area contributed by atoms with E-state index in [4.69, 9.17) is 0 Å². The van der Waals surface area contributed by atoms with Gasteiger partial charge in [0.1, 0.15) is 23.0 Å². The van der Waals surface area contributed by atoms with Gasteiger partial charge in [0.25, 0.3) is 0 Å². The molecular formula is C32H27IO4. The third-order valence-electron chi connectivity index (χ3n) is 6.84. The SMILES string of the molecule is CC1C=C(C(c2cc(-c3ccc(O)cc3)ccc2O)c2cc(-c3ccc(O)cc3)ccc2O)C=CC1I. The van der Waals surface area contributed by atoms with E-state index in [0.29, 0.717) is 15.1 Å². The molecule has 0 saturated carbocycles. The molecule has 37 heavy (non-hydrogen) atoms. The van der Waals surface area contributed by atoms with Crippen molar-refractivity contribution >= 4 is 22.6 Å². The molecule has 1 aliphatic carbocycles. The van der Waals surface area contributed by atoms with Crippen LogP contribution >= 0.6 is 22.6 Å². The van der Waals surface area contributed by atoms with Gasteiger partial charge >= 0.3 is 0 Å². The first-order valence-corrected chi connectivity index (χ1v) is 13.3. The summed E-state index contributed by atoms with van der Waals surface area (Å²) in [6.07, 6.45) is 6.46. The summed E-state index contributed by atoms with van der Waals surface area (Å²) in [5.41, 5.74) is 5.97. The van der Waals surface area contributed by atoms with Crippen molar-refractivity contribution in [2.24, 2.45) is 5.92 Å². The first kappa shape index (κ1) is 25.0. The summed E-state index contributed by atoms with van der Waals surface area (Å²) >= 11 is 2.42. The van der Waals surface area contributed by atoms with Crippen LogP contribution in [0.3, 0.4) is 0 Å². The van der Waals surface area contributed by atoms with E-state index in [1.165, 1.54) is 0 Å². The molecule has 0 bridgehead atoms. The van der Waals surface area contributed by atoms with Crippen molar-refractivity contribution in [3.63, 3.8) is 0 Å². The Hall–Kier alpha value is -3.71. The minimum absolute atomic E-state index is 0.139. The monoisotopic (exact) mass is 602 g/mol. The van der Waals surface area contributed by atoms with Crippen molar-refractivity contribution < 1.29 is 20.4 Å². The fourth-order valence-electron chi connectivity index (χ4n) is 4.79. The fraction of sp³-hybridized carbons (Fsp3) is 0.125. The van der Waals surface area contributed by atoms with Crippen LogP contribution < -0.4 is 0 Å². The highest BCUT2D eigenvalue weighted by Gasteiger charge is 2.27. The summed E-state index contributed by atoms with van der Waals surface area (Å²) < 4.78 is 0.357. The second-order valence-corrected chi connectivity index (χ2v) is 10.8. The van der Waals surface area contributed by atoms with Crippen LogP contribution in [0.25, 0.3) is 22.3 Å². The maximum Gasteiger partial charge on any atom is 0.119 e. The Morgan fingerprint density at radius 3 is 1.49 bits per heavy atom. The molecule has 0 radical (unpaired) electrons. The largest absolute Gasteiger partial charge is 0.508 e. The van der Waals surface area contributed by atoms with Crippen LogP contribution in [0, 0.1) is 5.92 Å². The van der Waals surface area contributed by atoms with Crippen LogP contribution in [0.4, 0.5) is 0 Å². The van der Waals surface area contributed by atoms with Crippen molar-refractivity contribution in [3.05, 3.63) is 120 Å². The number of phenols is 4. The fourth-order valence-corrected chi connectivity index (χ4v) is 5.20. The molecule has 4 nitrogen and oxygen atoms in total. The van der Waals surface area contributed by atoms with Crippen molar-refractivity contribution in [3.8, 4) is 45.3 Å². The molecule has 0 saturated heterocycles. The average Bonchev–Trinajstić information content (AvgIpc) is 2.89. The number of allylic oxidation sites excluding steroid dienone is 4. The van der Waals surface area contributed by atoms with Crippen molar-refractivity contribution in [2.75, 3.05) is 0 Å². The number of halogens is 1. The summed E-state index contributed by atoms with van der Waals surface area (Å²) in [5, 5.41) is 41.7. The standard InChI is InChI=1S/C32H27IO4/c1-19-16-24(6-13-29(19)33)32(27-17-22(7-14-30(27)36)20-2-9-25(34)10-3-20)28-18-23(8-15-31(28)37)21-4-11-26(35)12-5-21/h2-19,29,32,34-37H,1H3. The van der Waals surface area contributed by atoms with Gasteiger partial charge in [0.05, 0.1) is 0 Å². The highest BCUT2D eigenvalue weighted by molar-refractivity contribution is 14.1. The Balaban J connectivity index is 1.70. The number of alkyl halides is 1. The van der Waals surface area contributed by atoms with E-state index in [0.717, 1.165) is 27.8 Å². The molecule has 0 aromatic heterocycles. The summed E-state index contributed by atoms with van der Waals surface area (Å²) in [5.74, 6) is 0.526. The molecule has 1 aliphatic rings. The van der Waals surface area contributed by atoms with Crippen LogP contribution in [0.2, 0.25) is 0 Å². The van der Waals surface area contributed by atoms with Gasteiger partial charge in [0.2, 0.25) is 0 Å². The highest BCUT2D eigenvalue weighted by Crippen LogP contribution is 2.45. The maximum absolute atomic E-state index is 11.1. The zero-order valence-electron chi connectivity index (χ0n) is 20.2. The highest BCUT2D eigenvalue weighted by atomic mass is 127. The summed E-state index contributed by atoms with van der Waals surface area (Å²) in [6.45, 7) is 2.16. The first-order valence-electron chi connectivity index (χ1n) is 12.1. The smallest absolute Gasteiger partial charge is 0.119 e. The summed E-state index contributed by atoms with van der Waals surface area (Å²) in [6, 6.07) is 24.9. The van der Waals surface area contributed by atoms with E-state index in [9.17, 15) is 20.4 Å². The van der Waals surface area contributed by atoms with Crippen LogP contribution in [0.1, 0.15) is 24.0 Å². The van der Waals surface area contributed by atoms with Crippen molar-refractivity contribution in [1.82, 2.24) is 0 Å². The van der Waals surface area contributed by atoms with Crippen molar-refractivity contribution in [1.29, 1.82) is 0 Å². The first-order chi connectivity index (χ1) is 17.8. The Labute approximate surface area is 230 Å². The lowest BCUT2D eigenvalue weighted by Gasteiger charge is -2.27. The number of rotatable bonds is 5. The van der Waals surface area contributed by atoms with Gasteiger partial charge in [0, 0.05) is 21.0 Å². The van der Waals surface area contributed by atoms with Gasteiger partial charge in [-0.1, -0.05) is 84.1 Å². The predicted octanol–water partition coefficient (Wildman–Crippen LogP) is 7.91. The second kappa shape index (κ2) is 10.3. The molecule has 2 unspecified atom stereocenters. The van der Waals surface area contributed by atoms with Crippen LogP contribution in [0.5, 0.6) is 23.0 Å². The zero-order valence-corrected chi connectivity index (χ0v) is 22.4. The normalized spacial score (nSPS) is 17.1. The van der Waals surface area contributed by atoms with Crippen molar-refractivity contribution in [2.45, 2.75) is 16.8 Å². The second-order valence-electron chi connectivity index (χ2n) is 9.40. The van der Waals surface area contributed by atoms with Gasteiger partial charge in [-0.25, -0.2) is 0 Å². The Morgan fingerprint density at radius 2 is 1.05 bits per heavy atom. The molecule has 0 spiro atoms. The number of aromatic hydroxyl groups is 4. The summed E-state index contributed by atoms with van der Waals surface area (Å²) in [7, 11) is 0. The van der Waals surface area contributed by atoms with E-state index in [1.54, 1.807) is 36.4 Å².